The largest absolute Gasteiger partial charge is 0.494 e. The first-order valence-corrected chi connectivity index (χ1v) is 8.61. The molecule has 2 rings (SSSR count). The molecular formula is C21H23NO4. The lowest BCUT2D eigenvalue weighted by molar-refractivity contribution is -0.111. The number of rotatable bonds is 8. The van der Waals surface area contributed by atoms with Crippen LogP contribution in [0, 0.1) is 0 Å². The van der Waals surface area contributed by atoms with E-state index in [-0.39, 0.29) is 5.91 Å². The van der Waals surface area contributed by atoms with Crippen molar-refractivity contribution in [3.05, 3.63) is 65.7 Å². The maximum atomic E-state index is 12.1. The lowest BCUT2D eigenvalue weighted by Gasteiger charge is -2.06. The van der Waals surface area contributed by atoms with Crippen LogP contribution >= 0.6 is 0 Å². The zero-order chi connectivity index (χ0) is 18.8. The van der Waals surface area contributed by atoms with Crippen molar-refractivity contribution >= 4 is 23.6 Å². The maximum Gasteiger partial charge on any atom is 0.338 e. The SMILES string of the molecule is CCCOC(=O)c1cccc(NC(=O)/C=C/c2ccc(OCC)cc2)c1. The van der Waals surface area contributed by atoms with E-state index in [1.54, 1.807) is 30.3 Å². The summed E-state index contributed by atoms with van der Waals surface area (Å²) in [6.45, 7) is 4.85. The number of amides is 1. The number of nitrogens with one attached hydrogen (secondary N) is 1. The van der Waals surface area contributed by atoms with Crippen molar-refractivity contribution in [3.63, 3.8) is 0 Å². The van der Waals surface area contributed by atoms with Gasteiger partial charge in [0.2, 0.25) is 5.91 Å². The smallest absolute Gasteiger partial charge is 0.338 e. The van der Waals surface area contributed by atoms with Crippen LogP contribution < -0.4 is 10.1 Å². The number of benzene rings is 2. The van der Waals surface area contributed by atoms with Crippen molar-refractivity contribution in [2.24, 2.45) is 0 Å². The van der Waals surface area contributed by atoms with Crippen molar-refractivity contribution in [1.29, 1.82) is 0 Å². The van der Waals surface area contributed by atoms with Crippen LogP contribution in [0.25, 0.3) is 6.08 Å². The summed E-state index contributed by atoms with van der Waals surface area (Å²) in [5.74, 6) is 0.117. The third-order valence-electron chi connectivity index (χ3n) is 3.42. The Kier molecular flexibility index (Phi) is 7.43. The van der Waals surface area contributed by atoms with E-state index in [4.69, 9.17) is 9.47 Å². The molecule has 5 heteroatoms. The van der Waals surface area contributed by atoms with Crippen LogP contribution in [0.15, 0.2) is 54.6 Å². The van der Waals surface area contributed by atoms with Crippen LogP contribution in [-0.2, 0) is 9.53 Å². The molecule has 1 N–H and O–H groups in total. The lowest BCUT2D eigenvalue weighted by atomic mass is 10.2. The van der Waals surface area contributed by atoms with E-state index < -0.39 is 5.97 Å². The van der Waals surface area contributed by atoms with Gasteiger partial charge in [0.25, 0.3) is 0 Å². The molecule has 0 unspecified atom stereocenters. The van der Waals surface area contributed by atoms with Gasteiger partial charge in [-0.05, 0) is 55.3 Å². The summed E-state index contributed by atoms with van der Waals surface area (Å²) in [5, 5.41) is 2.74. The van der Waals surface area contributed by atoms with Crippen LogP contribution in [0.2, 0.25) is 0 Å². The molecule has 1 amide bonds. The lowest BCUT2D eigenvalue weighted by Crippen LogP contribution is -2.10. The average molecular weight is 353 g/mol. The molecule has 0 bridgehead atoms. The van der Waals surface area contributed by atoms with Gasteiger partial charge in [-0.1, -0.05) is 25.1 Å². The van der Waals surface area contributed by atoms with E-state index in [0.717, 1.165) is 17.7 Å². The Balaban J connectivity index is 1.95. The Morgan fingerprint density at radius 1 is 1.08 bits per heavy atom. The Bertz CT molecular complexity index is 766. The van der Waals surface area contributed by atoms with Gasteiger partial charge in [0.05, 0.1) is 18.8 Å². The molecule has 2 aromatic rings. The predicted octanol–water partition coefficient (Wildman–Crippen LogP) is 4.30. The van der Waals surface area contributed by atoms with Crippen molar-refractivity contribution in [2.75, 3.05) is 18.5 Å². The van der Waals surface area contributed by atoms with Crippen LogP contribution in [0.4, 0.5) is 5.69 Å². The fourth-order valence-electron chi connectivity index (χ4n) is 2.20. The van der Waals surface area contributed by atoms with Crippen LogP contribution in [0.3, 0.4) is 0 Å². The fourth-order valence-corrected chi connectivity index (χ4v) is 2.20. The summed E-state index contributed by atoms with van der Waals surface area (Å²) in [6.07, 6.45) is 3.92. The number of hydrogen-bond acceptors (Lipinski definition) is 4. The van der Waals surface area contributed by atoms with Gasteiger partial charge < -0.3 is 14.8 Å². The normalized spacial score (nSPS) is 10.5. The second-order valence-electron chi connectivity index (χ2n) is 5.54. The molecule has 0 saturated heterocycles. The third-order valence-corrected chi connectivity index (χ3v) is 3.42. The Morgan fingerprint density at radius 3 is 2.54 bits per heavy atom. The summed E-state index contributed by atoms with van der Waals surface area (Å²) in [6, 6.07) is 14.1. The quantitative estimate of drug-likeness (QED) is 0.567. The first-order chi connectivity index (χ1) is 12.6. The van der Waals surface area contributed by atoms with Crippen LogP contribution in [0.5, 0.6) is 5.75 Å². The molecule has 26 heavy (non-hydrogen) atoms. The van der Waals surface area contributed by atoms with Gasteiger partial charge >= 0.3 is 5.97 Å². The van der Waals surface area contributed by atoms with E-state index in [2.05, 4.69) is 5.32 Å². The zero-order valence-corrected chi connectivity index (χ0v) is 15.0. The minimum Gasteiger partial charge on any atom is -0.494 e. The summed E-state index contributed by atoms with van der Waals surface area (Å²) in [4.78, 5) is 23.9. The van der Waals surface area contributed by atoms with Gasteiger partial charge in [-0.25, -0.2) is 4.79 Å². The second-order valence-corrected chi connectivity index (χ2v) is 5.54. The van der Waals surface area contributed by atoms with Gasteiger partial charge in [0.1, 0.15) is 5.75 Å². The molecule has 136 valence electrons. The number of carbonyl (C=O) groups excluding carboxylic acids is 2. The van der Waals surface area contributed by atoms with E-state index in [9.17, 15) is 9.59 Å². The second kappa shape index (κ2) is 10.0. The van der Waals surface area contributed by atoms with Crippen molar-refractivity contribution in [1.82, 2.24) is 0 Å². The van der Waals surface area contributed by atoms with Gasteiger partial charge in [0.15, 0.2) is 0 Å². The molecule has 0 radical (unpaired) electrons. The summed E-state index contributed by atoms with van der Waals surface area (Å²) < 4.78 is 10.5. The molecule has 0 fully saturated rings. The number of hydrogen-bond donors (Lipinski definition) is 1. The molecule has 0 aliphatic rings. The van der Waals surface area contributed by atoms with Gasteiger partial charge in [-0.15, -0.1) is 0 Å². The Labute approximate surface area is 153 Å². The molecule has 0 spiro atoms. The van der Waals surface area contributed by atoms with Gasteiger partial charge in [-0.2, -0.15) is 0 Å². The molecule has 0 saturated carbocycles. The number of anilines is 1. The standard InChI is InChI=1S/C21H23NO4/c1-3-14-26-21(24)17-6-5-7-18(15-17)22-20(23)13-10-16-8-11-19(12-9-16)25-4-2/h5-13,15H,3-4,14H2,1-2H3,(H,22,23)/b13-10+. The molecule has 5 nitrogen and oxygen atoms in total. The van der Waals surface area contributed by atoms with E-state index in [1.165, 1.54) is 6.08 Å². The van der Waals surface area contributed by atoms with Crippen molar-refractivity contribution in [3.8, 4) is 5.75 Å². The third kappa shape index (κ3) is 6.09. The predicted molar refractivity (Wildman–Crippen MR) is 102 cm³/mol. The van der Waals surface area contributed by atoms with E-state index >= 15 is 0 Å². The highest BCUT2D eigenvalue weighted by atomic mass is 16.5. The minimum atomic E-state index is -0.395. The molecule has 0 atom stereocenters. The molecule has 0 aliphatic carbocycles. The topological polar surface area (TPSA) is 64.6 Å². The first-order valence-electron chi connectivity index (χ1n) is 8.61. The van der Waals surface area contributed by atoms with Crippen molar-refractivity contribution < 1.29 is 19.1 Å². The van der Waals surface area contributed by atoms with Crippen molar-refractivity contribution in [2.45, 2.75) is 20.3 Å². The van der Waals surface area contributed by atoms with Crippen LogP contribution in [-0.4, -0.2) is 25.1 Å². The Morgan fingerprint density at radius 2 is 1.85 bits per heavy atom. The highest BCUT2D eigenvalue weighted by Gasteiger charge is 2.08. The maximum absolute atomic E-state index is 12.1. The Hall–Kier alpha value is -3.08. The summed E-state index contributed by atoms with van der Waals surface area (Å²) >= 11 is 0. The number of ether oxygens (including phenoxy) is 2. The summed E-state index contributed by atoms with van der Waals surface area (Å²) in [7, 11) is 0. The molecular weight excluding hydrogens is 330 g/mol. The number of carbonyl (C=O) groups is 2. The molecule has 0 aliphatic heterocycles. The van der Waals surface area contributed by atoms with E-state index in [0.29, 0.717) is 24.5 Å². The zero-order valence-electron chi connectivity index (χ0n) is 15.0. The van der Waals surface area contributed by atoms with Gasteiger partial charge in [0, 0.05) is 11.8 Å². The highest BCUT2D eigenvalue weighted by Crippen LogP contribution is 2.14. The molecule has 0 aromatic heterocycles. The molecule has 2 aromatic carbocycles. The average Bonchev–Trinajstić information content (AvgIpc) is 2.66. The molecule has 0 heterocycles. The van der Waals surface area contributed by atoms with Crippen LogP contribution in [0.1, 0.15) is 36.2 Å². The first kappa shape index (κ1) is 19.2. The summed E-state index contributed by atoms with van der Waals surface area (Å²) in [5.41, 5.74) is 1.84. The monoisotopic (exact) mass is 353 g/mol. The fraction of sp³-hybridized carbons (Fsp3) is 0.238. The highest BCUT2D eigenvalue weighted by molar-refractivity contribution is 6.02. The van der Waals surface area contributed by atoms with Gasteiger partial charge in [-0.3, -0.25) is 4.79 Å². The number of esters is 1. The minimum absolute atomic E-state index is 0.280. The van der Waals surface area contributed by atoms with E-state index in [1.807, 2.05) is 38.1 Å².